The Labute approximate surface area is 77.8 Å². The SMILES string of the molecule is NC(=O)NC1CCOC2(CCC2)C1. The zero-order valence-electron chi connectivity index (χ0n) is 7.71. The Morgan fingerprint density at radius 1 is 1.54 bits per heavy atom. The van der Waals surface area contributed by atoms with Crippen molar-refractivity contribution in [2.75, 3.05) is 6.61 Å². The highest BCUT2D eigenvalue weighted by Crippen LogP contribution is 2.42. The molecule has 4 nitrogen and oxygen atoms in total. The molecule has 0 aromatic rings. The molecule has 0 aromatic heterocycles. The fraction of sp³-hybridized carbons (Fsp3) is 0.889. The standard InChI is InChI=1S/C9H16N2O2/c10-8(12)11-7-2-5-13-9(6-7)3-1-4-9/h7H,1-6H2,(H3,10,11,12). The van der Waals surface area contributed by atoms with E-state index in [4.69, 9.17) is 10.5 Å². The number of primary amides is 1. The van der Waals surface area contributed by atoms with Gasteiger partial charge in [0.25, 0.3) is 0 Å². The van der Waals surface area contributed by atoms with E-state index in [9.17, 15) is 4.79 Å². The van der Waals surface area contributed by atoms with Gasteiger partial charge < -0.3 is 15.8 Å². The average molecular weight is 184 g/mol. The van der Waals surface area contributed by atoms with Crippen LogP contribution in [-0.4, -0.2) is 24.3 Å². The van der Waals surface area contributed by atoms with Crippen molar-refractivity contribution in [3.8, 4) is 0 Å². The second-order valence-electron chi connectivity index (χ2n) is 4.08. The van der Waals surface area contributed by atoms with E-state index in [0.29, 0.717) is 0 Å². The molecule has 13 heavy (non-hydrogen) atoms. The predicted molar refractivity (Wildman–Crippen MR) is 48.3 cm³/mol. The number of ether oxygens (including phenoxy) is 1. The molecule has 0 radical (unpaired) electrons. The Bertz CT molecular complexity index is 214. The Balaban J connectivity index is 1.88. The minimum Gasteiger partial charge on any atom is -0.375 e. The van der Waals surface area contributed by atoms with E-state index in [1.165, 1.54) is 6.42 Å². The van der Waals surface area contributed by atoms with Crippen molar-refractivity contribution in [2.45, 2.75) is 43.7 Å². The zero-order valence-corrected chi connectivity index (χ0v) is 7.71. The van der Waals surface area contributed by atoms with Gasteiger partial charge in [-0.15, -0.1) is 0 Å². The summed E-state index contributed by atoms with van der Waals surface area (Å²) in [5, 5.41) is 2.76. The van der Waals surface area contributed by atoms with Crippen LogP contribution in [0.3, 0.4) is 0 Å². The molecule has 2 amide bonds. The second kappa shape index (κ2) is 3.18. The highest BCUT2D eigenvalue weighted by molar-refractivity contribution is 5.71. The third-order valence-corrected chi connectivity index (χ3v) is 3.10. The minimum absolute atomic E-state index is 0.0887. The molecule has 1 aliphatic heterocycles. The summed E-state index contributed by atoms with van der Waals surface area (Å²) >= 11 is 0. The monoisotopic (exact) mass is 184 g/mol. The van der Waals surface area contributed by atoms with E-state index in [1.54, 1.807) is 0 Å². The van der Waals surface area contributed by atoms with Gasteiger partial charge in [0, 0.05) is 12.6 Å². The van der Waals surface area contributed by atoms with Crippen molar-refractivity contribution < 1.29 is 9.53 Å². The van der Waals surface area contributed by atoms with Crippen LogP contribution in [0.1, 0.15) is 32.1 Å². The summed E-state index contributed by atoms with van der Waals surface area (Å²) in [6.45, 7) is 0.755. The zero-order chi connectivity index (χ0) is 9.31. The molecule has 1 spiro atoms. The Kier molecular flexibility index (Phi) is 2.15. The van der Waals surface area contributed by atoms with Gasteiger partial charge in [-0.3, -0.25) is 0 Å². The third-order valence-electron chi connectivity index (χ3n) is 3.10. The highest BCUT2D eigenvalue weighted by Gasteiger charge is 2.42. The van der Waals surface area contributed by atoms with Gasteiger partial charge in [-0.2, -0.15) is 0 Å². The van der Waals surface area contributed by atoms with Crippen LogP contribution in [0.15, 0.2) is 0 Å². The van der Waals surface area contributed by atoms with Gasteiger partial charge in [-0.25, -0.2) is 4.79 Å². The first-order valence-corrected chi connectivity index (χ1v) is 4.90. The number of rotatable bonds is 1. The van der Waals surface area contributed by atoms with Crippen LogP contribution in [0, 0.1) is 0 Å². The number of carbonyl (C=O) groups excluding carboxylic acids is 1. The molecule has 2 fully saturated rings. The molecule has 0 aromatic carbocycles. The third kappa shape index (κ3) is 1.77. The summed E-state index contributed by atoms with van der Waals surface area (Å²) in [5.74, 6) is 0. The number of amides is 2. The van der Waals surface area contributed by atoms with Crippen LogP contribution in [0.2, 0.25) is 0 Å². The summed E-state index contributed by atoms with van der Waals surface area (Å²) in [6, 6.07) is -0.187. The molecule has 1 aliphatic carbocycles. The molecule has 3 N–H and O–H groups in total. The van der Waals surface area contributed by atoms with Crippen molar-refractivity contribution in [1.29, 1.82) is 0 Å². The number of hydrogen-bond donors (Lipinski definition) is 2. The van der Waals surface area contributed by atoms with Crippen molar-refractivity contribution in [3.05, 3.63) is 0 Å². The lowest BCUT2D eigenvalue weighted by molar-refractivity contribution is -0.134. The van der Waals surface area contributed by atoms with E-state index < -0.39 is 6.03 Å². The van der Waals surface area contributed by atoms with Crippen LogP contribution < -0.4 is 11.1 Å². The number of carbonyl (C=O) groups is 1. The van der Waals surface area contributed by atoms with E-state index in [1.807, 2.05) is 0 Å². The lowest BCUT2D eigenvalue weighted by Crippen LogP contribution is -2.52. The van der Waals surface area contributed by atoms with Crippen molar-refractivity contribution >= 4 is 6.03 Å². The number of urea groups is 1. The Morgan fingerprint density at radius 2 is 2.31 bits per heavy atom. The molecule has 2 aliphatic rings. The molecule has 1 unspecified atom stereocenters. The van der Waals surface area contributed by atoms with Gasteiger partial charge in [0.05, 0.1) is 5.60 Å². The predicted octanol–water partition coefficient (Wildman–Crippen LogP) is 0.756. The van der Waals surface area contributed by atoms with Crippen LogP contribution in [-0.2, 0) is 4.74 Å². The van der Waals surface area contributed by atoms with E-state index in [0.717, 1.165) is 32.3 Å². The lowest BCUT2D eigenvalue weighted by Gasteiger charge is -2.47. The maximum Gasteiger partial charge on any atom is 0.312 e. The van der Waals surface area contributed by atoms with Gasteiger partial charge in [-0.1, -0.05) is 0 Å². The molecular weight excluding hydrogens is 168 g/mol. The molecule has 0 bridgehead atoms. The highest BCUT2D eigenvalue weighted by atomic mass is 16.5. The first-order chi connectivity index (χ1) is 6.20. The molecule has 1 saturated carbocycles. The second-order valence-corrected chi connectivity index (χ2v) is 4.08. The summed E-state index contributed by atoms with van der Waals surface area (Å²) in [7, 11) is 0. The summed E-state index contributed by atoms with van der Waals surface area (Å²) in [5.41, 5.74) is 5.17. The van der Waals surface area contributed by atoms with Crippen LogP contribution in [0.25, 0.3) is 0 Å². The maximum absolute atomic E-state index is 10.7. The average Bonchev–Trinajstić information content (AvgIpc) is 2.01. The molecule has 1 heterocycles. The van der Waals surface area contributed by atoms with E-state index in [2.05, 4.69) is 5.32 Å². The van der Waals surface area contributed by atoms with Crippen molar-refractivity contribution in [2.24, 2.45) is 5.73 Å². The number of nitrogens with two attached hydrogens (primary N) is 1. The Hall–Kier alpha value is -0.770. The largest absolute Gasteiger partial charge is 0.375 e. The Morgan fingerprint density at radius 3 is 2.85 bits per heavy atom. The molecule has 2 rings (SSSR count). The fourth-order valence-corrected chi connectivity index (χ4v) is 2.27. The molecule has 1 saturated heterocycles. The molecular formula is C9H16N2O2. The van der Waals surface area contributed by atoms with Gasteiger partial charge >= 0.3 is 6.03 Å². The number of nitrogens with one attached hydrogen (secondary N) is 1. The number of hydrogen-bond acceptors (Lipinski definition) is 2. The quantitative estimate of drug-likeness (QED) is 0.631. The van der Waals surface area contributed by atoms with Gasteiger partial charge in [0.1, 0.15) is 0 Å². The summed E-state index contributed by atoms with van der Waals surface area (Å²) in [4.78, 5) is 10.7. The van der Waals surface area contributed by atoms with Crippen molar-refractivity contribution in [3.63, 3.8) is 0 Å². The first-order valence-electron chi connectivity index (χ1n) is 4.90. The van der Waals surface area contributed by atoms with Gasteiger partial charge in [-0.05, 0) is 32.1 Å². The summed E-state index contributed by atoms with van der Waals surface area (Å²) in [6.07, 6.45) is 5.37. The summed E-state index contributed by atoms with van der Waals surface area (Å²) < 4.78 is 5.72. The van der Waals surface area contributed by atoms with Crippen LogP contribution in [0.5, 0.6) is 0 Å². The van der Waals surface area contributed by atoms with E-state index in [-0.39, 0.29) is 11.6 Å². The fourth-order valence-electron chi connectivity index (χ4n) is 2.27. The normalized spacial score (nSPS) is 30.9. The molecule has 74 valence electrons. The van der Waals surface area contributed by atoms with Crippen LogP contribution >= 0.6 is 0 Å². The van der Waals surface area contributed by atoms with Gasteiger partial charge in [0.2, 0.25) is 0 Å². The van der Waals surface area contributed by atoms with E-state index >= 15 is 0 Å². The molecule has 1 atom stereocenters. The minimum atomic E-state index is -0.415. The smallest absolute Gasteiger partial charge is 0.312 e. The topological polar surface area (TPSA) is 64.4 Å². The first kappa shape index (κ1) is 8.81. The maximum atomic E-state index is 10.7. The lowest BCUT2D eigenvalue weighted by atomic mass is 9.74. The van der Waals surface area contributed by atoms with Gasteiger partial charge in [0.15, 0.2) is 0 Å². The molecule has 4 heteroatoms. The van der Waals surface area contributed by atoms with Crippen LogP contribution in [0.4, 0.5) is 4.79 Å². The van der Waals surface area contributed by atoms with Crippen molar-refractivity contribution in [1.82, 2.24) is 5.32 Å².